The predicted molar refractivity (Wildman–Crippen MR) is 116 cm³/mol. The Morgan fingerprint density at radius 1 is 1.10 bits per heavy atom. The second kappa shape index (κ2) is 6.98. The Bertz CT molecular complexity index is 1230. The summed E-state index contributed by atoms with van der Waals surface area (Å²) >= 11 is 0. The zero-order valence-electron chi connectivity index (χ0n) is 16.5. The number of nitrogen functional groups attached to an aromatic ring is 2. The lowest BCUT2D eigenvalue weighted by Gasteiger charge is -2.18. The summed E-state index contributed by atoms with van der Waals surface area (Å²) in [5, 5.41) is 3.29. The van der Waals surface area contributed by atoms with E-state index < -0.39 is 0 Å². The van der Waals surface area contributed by atoms with Crippen LogP contribution in [0.4, 0.5) is 21.7 Å². The molecular formula is C22H22FN7. The SMILES string of the molecule is C[C@H](Nc1ncnc(N)c1N)c1nc2ccc(F)c(-c3ccccc3)c2n1C1CC1. The van der Waals surface area contributed by atoms with E-state index in [1.807, 2.05) is 37.3 Å². The van der Waals surface area contributed by atoms with Gasteiger partial charge in [-0.2, -0.15) is 0 Å². The molecule has 0 radical (unpaired) electrons. The minimum absolute atomic E-state index is 0.221. The third kappa shape index (κ3) is 3.01. The molecule has 30 heavy (non-hydrogen) atoms. The van der Waals surface area contributed by atoms with Crippen LogP contribution in [0.3, 0.4) is 0 Å². The lowest BCUT2D eigenvalue weighted by Crippen LogP contribution is -2.16. The van der Waals surface area contributed by atoms with Crippen LogP contribution in [0.1, 0.15) is 37.7 Å². The first kappa shape index (κ1) is 18.4. The van der Waals surface area contributed by atoms with E-state index in [0.717, 1.165) is 35.3 Å². The molecule has 8 heteroatoms. The molecular weight excluding hydrogens is 381 g/mol. The number of hydrogen-bond donors (Lipinski definition) is 3. The number of rotatable bonds is 5. The van der Waals surface area contributed by atoms with Crippen LogP contribution in [-0.4, -0.2) is 19.5 Å². The average Bonchev–Trinajstić information content (AvgIpc) is 3.51. The van der Waals surface area contributed by atoms with Crippen molar-refractivity contribution in [1.29, 1.82) is 0 Å². The van der Waals surface area contributed by atoms with Crippen molar-refractivity contribution in [2.24, 2.45) is 0 Å². The third-order valence-electron chi connectivity index (χ3n) is 5.46. The maximum Gasteiger partial charge on any atom is 0.155 e. The summed E-state index contributed by atoms with van der Waals surface area (Å²) in [5.41, 5.74) is 15.1. The Labute approximate surface area is 173 Å². The van der Waals surface area contributed by atoms with Gasteiger partial charge in [0.2, 0.25) is 0 Å². The fraction of sp³-hybridized carbons (Fsp3) is 0.227. The van der Waals surface area contributed by atoms with Gasteiger partial charge < -0.3 is 21.4 Å². The Morgan fingerprint density at radius 3 is 2.60 bits per heavy atom. The Kier molecular flexibility index (Phi) is 4.27. The summed E-state index contributed by atoms with van der Waals surface area (Å²) in [6.45, 7) is 1.98. The van der Waals surface area contributed by atoms with Crippen LogP contribution in [0.15, 0.2) is 48.8 Å². The molecule has 1 atom stereocenters. The molecule has 0 unspecified atom stereocenters. The lowest BCUT2D eigenvalue weighted by molar-refractivity contribution is 0.629. The van der Waals surface area contributed by atoms with Crippen molar-refractivity contribution in [2.75, 3.05) is 16.8 Å². The highest BCUT2D eigenvalue weighted by Gasteiger charge is 2.32. The van der Waals surface area contributed by atoms with Gasteiger partial charge in [0.25, 0.3) is 0 Å². The van der Waals surface area contributed by atoms with Gasteiger partial charge in [-0.15, -0.1) is 0 Å². The molecule has 1 fully saturated rings. The highest BCUT2D eigenvalue weighted by Crippen LogP contribution is 2.43. The summed E-state index contributed by atoms with van der Waals surface area (Å²) in [7, 11) is 0. The molecule has 0 saturated heterocycles. The molecule has 1 aliphatic rings. The summed E-state index contributed by atoms with van der Waals surface area (Å²) in [6, 6.07) is 12.9. The summed E-state index contributed by atoms with van der Waals surface area (Å²) in [6.07, 6.45) is 3.45. The molecule has 5 N–H and O–H groups in total. The first-order valence-corrected chi connectivity index (χ1v) is 9.93. The van der Waals surface area contributed by atoms with Gasteiger partial charge in [-0.05, 0) is 37.5 Å². The molecule has 1 aliphatic carbocycles. The van der Waals surface area contributed by atoms with Gasteiger partial charge >= 0.3 is 0 Å². The number of nitrogens with two attached hydrogens (primary N) is 2. The molecule has 4 aromatic rings. The normalized spacial score (nSPS) is 14.7. The fourth-order valence-electron chi connectivity index (χ4n) is 3.86. The number of benzene rings is 2. The fourth-order valence-corrected chi connectivity index (χ4v) is 3.86. The molecule has 0 aliphatic heterocycles. The number of nitrogens with one attached hydrogen (secondary N) is 1. The second-order valence-electron chi connectivity index (χ2n) is 7.61. The van der Waals surface area contributed by atoms with Crippen molar-refractivity contribution in [3.8, 4) is 11.1 Å². The number of hydrogen-bond acceptors (Lipinski definition) is 6. The van der Waals surface area contributed by atoms with E-state index in [2.05, 4.69) is 19.9 Å². The van der Waals surface area contributed by atoms with Crippen molar-refractivity contribution >= 4 is 28.4 Å². The highest BCUT2D eigenvalue weighted by atomic mass is 19.1. The van der Waals surface area contributed by atoms with Crippen molar-refractivity contribution in [3.63, 3.8) is 0 Å². The number of anilines is 3. The molecule has 2 heterocycles. The number of imidazole rings is 1. The van der Waals surface area contributed by atoms with Gasteiger partial charge in [0, 0.05) is 11.6 Å². The number of fused-ring (bicyclic) bond motifs is 1. The van der Waals surface area contributed by atoms with Crippen LogP contribution in [0, 0.1) is 5.82 Å². The van der Waals surface area contributed by atoms with Crippen molar-refractivity contribution in [1.82, 2.24) is 19.5 Å². The number of nitrogens with zero attached hydrogens (tertiary/aromatic N) is 4. The molecule has 152 valence electrons. The van der Waals surface area contributed by atoms with Crippen LogP contribution < -0.4 is 16.8 Å². The van der Waals surface area contributed by atoms with Crippen molar-refractivity contribution < 1.29 is 4.39 Å². The van der Waals surface area contributed by atoms with E-state index >= 15 is 4.39 Å². The Hall–Kier alpha value is -3.68. The van der Waals surface area contributed by atoms with Gasteiger partial charge in [-0.3, -0.25) is 0 Å². The van der Waals surface area contributed by atoms with Crippen molar-refractivity contribution in [2.45, 2.75) is 31.8 Å². The standard InChI is InChI=1S/C22H22FN7/c1-12(28-21-18(24)20(25)26-11-27-21)22-29-16-10-9-15(23)17(13-5-3-2-4-6-13)19(16)30(22)14-7-8-14/h2-6,9-12,14H,7-8,24H2,1H3,(H3,25,26,27,28)/t12-/m0/s1. The molecule has 2 aromatic carbocycles. The molecule has 1 saturated carbocycles. The monoisotopic (exact) mass is 403 g/mol. The van der Waals surface area contributed by atoms with Gasteiger partial charge in [0.15, 0.2) is 11.6 Å². The second-order valence-corrected chi connectivity index (χ2v) is 7.61. The molecule has 0 spiro atoms. The maximum atomic E-state index is 15.0. The first-order valence-electron chi connectivity index (χ1n) is 9.93. The van der Waals surface area contributed by atoms with E-state index in [-0.39, 0.29) is 17.7 Å². The minimum atomic E-state index is -0.254. The number of halogens is 1. The summed E-state index contributed by atoms with van der Waals surface area (Å²) in [4.78, 5) is 13.0. The van der Waals surface area contributed by atoms with Crippen molar-refractivity contribution in [3.05, 3.63) is 60.4 Å². The molecule has 0 bridgehead atoms. The van der Waals surface area contributed by atoms with Gasteiger partial charge in [-0.1, -0.05) is 30.3 Å². The largest absolute Gasteiger partial charge is 0.393 e. The van der Waals surface area contributed by atoms with Crippen LogP contribution in [0.5, 0.6) is 0 Å². The van der Waals surface area contributed by atoms with Crippen LogP contribution in [-0.2, 0) is 0 Å². The lowest BCUT2D eigenvalue weighted by atomic mass is 10.0. The molecule has 5 rings (SSSR count). The van der Waals surface area contributed by atoms with Crippen LogP contribution >= 0.6 is 0 Å². The topological polar surface area (TPSA) is 108 Å². The smallest absolute Gasteiger partial charge is 0.155 e. The third-order valence-corrected chi connectivity index (χ3v) is 5.46. The zero-order valence-corrected chi connectivity index (χ0v) is 16.5. The Balaban J connectivity index is 1.66. The minimum Gasteiger partial charge on any atom is -0.393 e. The van der Waals surface area contributed by atoms with Crippen LogP contribution in [0.25, 0.3) is 22.2 Å². The molecule has 2 aromatic heterocycles. The zero-order chi connectivity index (χ0) is 20.8. The summed E-state index contributed by atoms with van der Waals surface area (Å²) in [5.74, 6) is 1.24. The van der Waals surface area contributed by atoms with Gasteiger partial charge in [0.1, 0.15) is 23.7 Å². The van der Waals surface area contributed by atoms with Gasteiger partial charge in [-0.25, -0.2) is 19.3 Å². The predicted octanol–water partition coefficient (Wildman–Crippen LogP) is 4.30. The highest BCUT2D eigenvalue weighted by molar-refractivity contribution is 5.93. The van der Waals surface area contributed by atoms with E-state index in [9.17, 15) is 0 Å². The van der Waals surface area contributed by atoms with Crippen LogP contribution in [0.2, 0.25) is 0 Å². The first-order chi connectivity index (χ1) is 14.5. The summed E-state index contributed by atoms with van der Waals surface area (Å²) < 4.78 is 17.2. The van der Waals surface area contributed by atoms with E-state index in [1.165, 1.54) is 12.4 Å². The molecule has 0 amide bonds. The van der Waals surface area contributed by atoms with E-state index in [0.29, 0.717) is 23.1 Å². The van der Waals surface area contributed by atoms with Gasteiger partial charge in [0.05, 0.1) is 17.1 Å². The van der Waals surface area contributed by atoms with E-state index in [4.69, 9.17) is 16.5 Å². The maximum absolute atomic E-state index is 15.0. The quantitative estimate of drug-likeness (QED) is 0.458. The molecule has 7 nitrogen and oxygen atoms in total. The number of aromatic nitrogens is 4. The average molecular weight is 403 g/mol. The van der Waals surface area contributed by atoms with E-state index in [1.54, 1.807) is 6.07 Å². The Morgan fingerprint density at radius 2 is 1.87 bits per heavy atom.